The molecule has 5 nitrogen and oxygen atoms in total. The highest BCUT2D eigenvalue weighted by Gasteiger charge is 2.29. The Balaban J connectivity index is 1.31. The van der Waals surface area contributed by atoms with E-state index in [0.29, 0.717) is 12.0 Å². The van der Waals surface area contributed by atoms with Gasteiger partial charge in [0.25, 0.3) is 0 Å². The van der Waals surface area contributed by atoms with E-state index >= 15 is 0 Å². The zero-order chi connectivity index (χ0) is 20.1. The van der Waals surface area contributed by atoms with Gasteiger partial charge in [-0.05, 0) is 62.1 Å². The maximum Gasteiger partial charge on any atom is 0.160 e. The summed E-state index contributed by atoms with van der Waals surface area (Å²) < 4.78 is 7.72. The van der Waals surface area contributed by atoms with Crippen molar-refractivity contribution in [3.63, 3.8) is 0 Å². The third kappa shape index (κ3) is 3.03. The molecule has 0 radical (unpaired) electrons. The summed E-state index contributed by atoms with van der Waals surface area (Å²) in [6.45, 7) is 3.73. The summed E-state index contributed by atoms with van der Waals surface area (Å²) in [5, 5.41) is 8.47. The Hall–Kier alpha value is -2.66. The average molecular weight is 401 g/mol. The number of aryl methyl sites for hydroxylation is 1. The summed E-state index contributed by atoms with van der Waals surface area (Å²) in [6.07, 6.45) is 8.74. The molecule has 1 fully saturated rings. The molecule has 1 aromatic carbocycles. The van der Waals surface area contributed by atoms with Crippen LogP contribution in [0.1, 0.15) is 60.4 Å². The van der Waals surface area contributed by atoms with Crippen LogP contribution >= 0.6 is 0 Å². The van der Waals surface area contributed by atoms with E-state index in [1.54, 1.807) is 11.1 Å². The molecule has 0 spiro atoms. The average Bonchev–Trinajstić information content (AvgIpc) is 3.35. The summed E-state index contributed by atoms with van der Waals surface area (Å²) in [6, 6.07) is 11.5. The number of rotatable bonds is 3. The van der Waals surface area contributed by atoms with Crippen LogP contribution in [0, 0.1) is 6.92 Å². The maximum atomic E-state index is 5.74. The monoisotopic (exact) mass is 400 g/mol. The SMILES string of the molecule is Cc1cnn2c(NC3CCC4=C(C3)c3ccccc3C4)cc(C3CCCOC3)nc12. The molecule has 5 heteroatoms. The fourth-order valence-corrected chi connectivity index (χ4v) is 5.40. The van der Waals surface area contributed by atoms with Crippen LogP contribution < -0.4 is 5.32 Å². The summed E-state index contributed by atoms with van der Waals surface area (Å²) in [5.74, 6) is 1.44. The number of hydrogen-bond acceptors (Lipinski definition) is 4. The number of allylic oxidation sites excluding steroid dienone is 1. The van der Waals surface area contributed by atoms with Gasteiger partial charge in [-0.2, -0.15) is 9.61 Å². The van der Waals surface area contributed by atoms with Crippen molar-refractivity contribution in [2.45, 2.75) is 57.4 Å². The zero-order valence-electron chi connectivity index (χ0n) is 17.5. The van der Waals surface area contributed by atoms with Gasteiger partial charge in [-0.25, -0.2) is 4.98 Å². The number of nitrogens with one attached hydrogen (secondary N) is 1. The molecule has 2 aliphatic carbocycles. The Morgan fingerprint density at radius 2 is 2.13 bits per heavy atom. The number of aromatic nitrogens is 3. The first kappa shape index (κ1) is 18.1. The first-order valence-corrected chi connectivity index (χ1v) is 11.2. The van der Waals surface area contributed by atoms with Gasteiger partial charge in [-0.3, -0.25) is 0 Å². The molecule has 1 saturated heterocycles. The summed E-state index contributed by atoms with van der Waals surface area (Å²) in [4.78, 5) is 4.97. The summed E-state index contributed by atoms with van der Waals surface area (Å²) >= 11 is 0. The Morgan fingerprint density at radius 1 is 1.20 bits per heavy atom. The fraction of sp³-hybridized carbons (Fsp3) is 0.440. The third-order valence-electron chi connectivity index (χ3n) is 7.02. The molecule has 154 valence electrons. The highest BCUT2D eigenvalue weighted by atomic mass is 16.5. The second-order valence-electron chi connectivity index (χ2n) is 9.04. The lowest BCUT2D eigenvalue weighted by molar-refractivity contribution is 0.0793. The Kier molecular flexibility index (Phi) is 4.38. The first-order chi connectivity index (χ1) is 14.8. The molecule has 2 aromatic heterocycles. The molecular weight excluding hydrogens is 372 g/mol. The van der Waals surface area contributed by atoms with E-state index in [1.165, 1.54) is 24.0 Å². The standard InChI is InChI=1S/C25H28N4O/c1-16-14-26-29-24(13-23(28-25(16)29)19-6-4-10-30-15-19)27-20-9-8-18-11-17-5-2-3-7-21(17)22(18)12-20/h2-3,5,7,13-14,19-20,27H,4,6,8-12,15H2,1H3. The van der Waals surface area contributed by atoms with E-state index in [1.807, 2.05) is 10.7 Å². The van der Waals surface area contributed by atoms with E-state index in [9.17, 15) is 0 Å². The van der Waals surface area contributed by atoms with Crippen molar-refractivity contribution >= 4 is 17.0 Å². The highest BCUT2D eigenvalue weighted by molar-refractivity contribution is 5.77. The van der Waals surface area contributed by atoms with Crippen molar-refractivity contribution in [1.29, 1.82) is 0 Å². The van der Waals surface area contributed by atoms with Gasteiger partial charge in [0.2, 0.25) is 0 Å². The number of benzene rings is 1. The molecule has 2 unspecified atom stereocenters. The van der Waals surface area contributed by atoms with E-state index in [0.717, 1.165) is 61.6 Å². The minimum Gasteiger partial charge on any atom is -0.381 e. The van der Waals surface area contributed by atoms with Crippen molar-refractivity contribution in [2.75, 3.05) is 18.5 Å². The van der Waals surface area contributed by atoms with Crippen LogP contribution in [0.4, 0.5) is 5.82 Å². The van der Waals surface area contributed by atoms with Crippen molar-refractivity contribution in [3.05, 3.63) is 64.5 Å². The topological polar surface area (TPSA) is 51.5 Å². The molecular formula is C25H28N4O. The first-order valence-electron chi connectivity index (χ1n) is 11.2. The summed E-state index contributed by atoms with van der Waals surface area (Å²) in [5.41, 5.74) is 9.39. The largest absolute Gasteiger partial charge is 0.381 e. The molecule has 0 saturated carbocycles. The van der Waals surface area contributed by atoms with Gasteiger partial charge in [-0.15, -0.1) is 0 Å². The lowest BCUT2D eigenvalue weighted by Gasteiger charge is -2.27. The maximum absolute atomic E-state index is 5.74. The predicted molar refractivity (Wildman–Crippen MR) is 119 cm³/mol. The lowest BCUT2D eigenvalue weighted by Crippen LogP contribution is -2.25. The highest BCUT2D eigenvalue weighted by Crippen LogP contribution is 2.42. The number of hydrogen-bond donors (Lipinski definition) is 1. The van der Waals surface area contributed by atoms with Crippen molar-refractivity contribution in [2.24, 2.45) is 0 Å². The smallest absolute Gasteiger partial charge is 0.160 e. The van der Waals surface area contributed by atoms with Crippen LogP contribution in [0.3, 0.4) is 0 Å². The molecule has 3 aromatic rings. The molecule has 3 aliphatic rings. The molecule has 30 heavy (non-hydrogen) atoms. The van der Waals surface area contributed by atoms with Gasteiger partial charge in [0.1, 0.15) is 5.82 Å². The van der Waals surface area contributed by atoms with Gasteiger partial charge in [0.15, 0.2) is 5.65 Å². The van der Waals surface area contributed by atoms with Crippen molar-refractivity contribution < 1.29 is 4.74 Å². The molecule has 0 bridgehead atoms. The van der Waals surface area contributed by atoms with Crippen LogP contribution in [-0.4, -0.2) is 33.9 Å². The van der Waals surface area contributed by atoms with Crippen LogP contribution in [0.25, 0.3) is 11.2 Å². The quantitative estimate of drug-likeness (QED) is 0.679. The molecule has 0 amide bonds. The molecule has 6 rings (SSSR count). The number of anilines is 1. The van der Waals surface area contributed by atoms with Crippen LogP contribution in [0.2, 0.25) is 0 Å². The molecule has 2 atom stereocenters. The second-order valence-corrected chi connectivity index (χ2v) is 9.04. The van der Waals surface area contributed by atoms with Crippen LogP contribution in [0.15, 0.2) is 42.1 Å². The number of ether oxygens (including phenoxy) is 1. The Labute approximate surface area is 177 Å². The number of fused-ring (bicyclic) bond motifs is 3. The van der Waals surface area contributed by atoms with Gasteiger partial charge in [0.05, 0.1) is 18.5 Å². The minimum atomic E-state index is 0.376. The van der Waals surface area contributed by atoms with Crippen LogP contribution in [-0.2, 0) is 11.2 Å². The van der Waals surface area contributed by atoms with Crippen molar-refractivity contribution in [1.82, 2.24) is 14.6 Å². The molecule has 3 heterocycles. The van der Waals surface area contributed by atoms with E-state index in [2.05, 4.69) is 47.7 Å². The second kappa shape index (κ2) is 7.24. The lowest BCUT2D eigenvalue weighted by atomic mass is 9.88. The van der Waals surface area contributed by atoms with E-state index in [-0.39, 0.29) is 0 Å². The van der Waals surface area contributed by atoms with Crippen LogP contribution in [0.5, 0.6) is 0 Å². The minimum absolute atomic E-state index is 0.376. The Morgan fingerprint density at radius 3 is 3.03 bits per heavy atom. The van der Waals surface area contributed by atoms with Gasteiger partial charge in [-0.1, -0.05) is 29.8 Å². The number of nitrogens with zero attached hydrogens (tertiary/aromatic N) is 3. The van der Waals surface area contributed by atoms with Gasteiger partial charge < -0.3 is 10.1 Å². The van der Waals surface area contributed by atoms with Gasteiger partial charge >= 0.3 is 0 Å². The third-order valence-corrected chi connectivity index (χ3v) is 7.02. The normalized spacial score (nSPS) is 23.5. The summed E-state index contributed by atoms with van der Waals surface area (Å²) in [7, 11) is 0. The van der Waals surface area contributed by atoms with Crippen molar-refractivity contribution in [3.8, 4) is 0 Å². The molecule has 1 aliphatic heterocycles. The van der Waals surface area contributed by atoms with Gasteiger partial charge in [0, 0.05) is 30.2 Å². The van der Waals surface area contributed by atoms with E-state index in [4.69, 9.17) is 9.72 Å². The predicted octanol–water partition coefficient (Wildman–Crippen LogP) is 4.91. The van der Waals surface area contributed by atoms with E-state index < -0.39 is 0 Å². The Bertz CT molecular complexity index is 1140. The fourth-order valence-electron chi connectivity index (χ4n) is 5.40. The molecule has 1 N–H and O–H groups in total. The zero-order valence-corrected chi connectivity index (χ0v) is 17.5.